The van der Waals surface area contributed by atoms with Crippen molar-refractivity contribution in [2.24, 2.45) is 0 Å². The van der Waals surface area contributed by atoms with Gasteiger partial charge in [-0.15, -0.1) is 6.07 Å². The van der Waals surface area contributed by atoms with Crippen LogP contribution >= 0.6 is 0 Å². The number of fused-ring (bicyclic) bond motifs is 2. The minimum Gasteiger partial charge on any atom is -0.372 e. The molecule has 3 heterocycles. The molecule has 6 nitrogen and oxygen atoms in total. The van der Waals surface area contributed by atoms with Gasteiger partial charge in [0.15, 0.2) is 5.91 Å². The maximum atomic E-state index is 12.5. The van der Waals surface area contributed by atoms with Crippen LogP contribution in [0.1, 0.15) is 41.1 Å². The molecule has 1 saturated heterocycles. The molecule has 0 aliphatic carbocycles. The fourth-order valence-corrected chi connectivity index (χ4v) is 2.74. The Bertz CT molecular complexity index is 655. The van der Waals surface area contributed by atoms with Gasteiger partial charge in [0.1, 0.15) is 12.0 Å². The summed E-state index contributed by atoms with van der Waals surface area (Å²) in [4.78, 5) is 37.4. The molecule has 1 aromatic rings. The summed E-state index contributed by atoms with van der Waals surface area (Å²) in [6, 6.07) is 2.60. The van der Waals surface area contributed by atoms with Crippen LogP contribution in [0.25, 0.3) is 0 Å². The van der Waals surface area contributed by atoms with Crippen LogP contribution in [0.2, 0.25) is 0 Å². The largest absolute Gasteiger partial charge is 0.372 e. The summed E-state index contributed by atoms with van der Waals surface area (Å²) < 4.78 is 7.21. The average molecular weight is 364 g/mol. The van der Waals surface area contributed by atoms with E-state index in [-0.39, 0.29) is 67.9 Å². The first-order valence-electron chi connectivity index (χ1n) is 6.61. The molecule has 0 saturated carbocycles. The number of amides is 1. The number of carbonyl (C=O) groups excluding carboxylic acids is 2. The van der Waals surface area contributed by atoms with Crippen LogP contribution in [0.15, 0.2) is 11.0 Å². The summed E-state index contributed by atoms with van der Waals surface area (Å²) >= 11 is 0. The van der Waals surface area contributed by atoms with Gasteiger partial charge in [-0.05, 0) is 37.7 Å². The van der Waals surface area contributed by atoms with E-state index in [0.717, 1.165) is 6.42 Å². The van der Waals surface area contributed by atoms with Gasteiger partial charge in [0.05, 0.1) is 18.6 Å². The zero-order valence-corrected chi connectivity index (χ0v) is 14.8. The van der Waals surface area contributed by atoms with Crippen molar-refractivity contribution in [1.29, 1.82) is 0 Å². The van der Waals surface area contributed by atoms with E-state index in [2.05, 4.69) is 6.07 Å². The second kappa shape index (κ2) is 6.11. The molecule has 0 aromatic carbocycles. The van der Waals surface area contributed by atoms with E-state index in [9.17, 15) is 14.4 Å². The topological polar surface area (TPSA) is 68.6 Å². The molecule has 1 aromatic heterocycles. The summed E-state index contributed by atoms with van der Waals surface area (Å²) in [5.41, 5.74) is -0.270. The molecule has 0 unspecified atom stereocenters. The quantitative estimate of drug-likeness (QED) is 0.536. The molecule has 1 radical (unpaired) electrons. The number of carbonyl (C=O) groups is 2. The minimum atomic E-state index is -0.527. The van der Waals surface area contributed by atoms with Crippen LogP contribution in [0.4, 0.5) is 0 Å². The summed E-state index contributed by atoms with van der Waals surface area (Å²) in [5, 5.41) is 0. The molecule has 109 valence electrons. The van der Waals surface area contributed by atoms with Crippen molar-refractivity contribution < 1.29 is 47.0 Å². The first-order valence-corrected chi connectivity index (χ1v) is 6.61. The number of pyridine rings is 1. The van der Waals surface area contributed by atoms with Gasteiger partial charge in [-0.3, -0.25) is 0 Å². The number of hydrogen-bond acceptors (Lipinski definition) is 4. The van der Waals surface area contributed by atoms with Gasteiger partial charge >= 0.3 is 0 Å². The van der Waals surface area contributed by atoms with Crippen LogP contribution in [-0.2, 0) is 44.0 Å². The third kappa shape index (κ3) is 2.76. The summed E-state index contributed by atoms with van der Waals surface area (Å²) in [6.07, 6.45) is 1.88. The van der Waals surface area contributed by atoms with Gasteiger partial charge in [-0.2, -0.15) is 0 Å². The van der Waals surface area contributed by atoms with Crippen LogP contribution in [0.3, 0.4) is 0 Å². The van der Waals surface area contributed by atoms with Gasteiger partial charge in [0, 0.05) is 38.8 Å². The second-order valence-electron chi connectivity index (χ2n) is 5.23. The molecular weight excluding hydrogens is 349 g/mol. The zero-order valence-electron chi connectivity index (χ0n) is 12.0. The summed E-state index contributed by atoms with van der Waals surface area (Å²) in [7, 11) is 0. The number of ether oxygens (including phenoxy) is 1. The number of rotatable bonds is 1. The van der Waals surface area contributed by atoms with Gasteiger partial charge < -0.3 is 28.6 Å². The molecule has 0 spiro atoms. The molecule has 2 aliphatic heterocycles. The average Bonchev–Trinajstić information content (AvgIpc) is 2.39. The summed E-state index contributed by atoms with van der Waals surface area (Å²) in [5.74, 6) is -0.588. The Hall–Kier alpha value is -0.846. The fourth-order valence-electron chi connectivity index (χ4n) is 2.74. The Morgan fingerprint density at radius 1 is 1.43 bits per heavy atom. The molecule has 1 fully saturated rings. The standard InChI is InChI=1S/C14H15N2O4.Y/c1-8-3-4-20-13-7-15-6-10(9(2)17)12(18)5-11(15)14(19)16(8)13;/h6,8,13H,3-4,7H2,1-2H3;/q-1;/t8-,13+;/m1./s1. The smallest absolute Gasteiger partial charge is 0.168 e. The maximum absolute atomic E-state index is 12.5. The van der Waals surface area contributed by atoms with E-state index < -0.39 is 5.43 Å². The van der Waals surface area contributed by atoms with Crippen LogP contribution in [0.5, 0.6) is 0 Å². The van der Waals surface area contributed by atoms with Crippen molar-refractivity contribution in [2.45, 2.75) is 39.1 Å². The number of ketones is 1. The first-order chi connectivity index (χ1) is 9.49. The van der Waals surface area contributed by atoms with Crippen molar-refractivity contribution in [3.05, 3.63) is 33.7 Å². The van der Waals surface area contributed by atoms with Crippen LogP contribution in [0, 0.1) is 6.07 Å². The van der Waals surface area contributed by atoms with Crippen LogP contribution < -0.4 is 5.43 Å². The third-order valence-corrected chi connectivity index (χ3v) is 3.85. The SMILES string of the molecule is CC(=O)c1cn2c([c-]c1=O)C(=O)N1[C@H](C)CCO[C@H]1C2.[Y]. The van der Waals surface area contributed by atoms with Gasteiger partial charge in [0.2, 0.25) is 0 Å². The predicted molar refractivity (Wildman–Crippen MR) is 69.5 cm³/mol. The molecule has 1 amide bonds. The number of Topliss-reactive ketones (excluding diaryl/α,β-unsaturated/α-hetero) is 1. The van der Waals surface area contributed by atoms with E-state index in [4.69, 9.17) is 4.74 Å². The van der Waals surface area contributed by atoms with Gasteiger partial charge in [-0.25, -0.2) is 0 Å². The number of hydrogen-bond donors (Lipinski definition) is 0. The Morgan fingerprint density at radius 3 is 2.81 bits per heavy atom. The van der Waals surface area contributed by atoms with Crippen molar-refractivity contribution >= 4 is 11.7 Å². The molecule has 0 bridgehead atoms. The zero-order chi connectivity index (χ0) is 14.4. The molecule has 21 heavy (non-hydrogen) atoms. The molecule has 0 N–H and O–H groups in total. The molecule has 3 rings (SSSR count). The minimum absolute atomic E-state index is 0. The van der Waals surface area contributed by atoms with E-state index in [0.29, 0.717) is 13.2 Å². The Labute approximate surface area is 147 Å². The normalized spacial score (nSPS) is 23.9. The van der Waals surface area contributed by atoms with E-state index in [1.165, 1.54) is 13.1 Å². The fraction of sp³-hybridized carbons (Fsp3) is 0.500. The van der Waals surface area contributed by atoms with Gasteiger partial charge in [0.25, 0.3) is 0 Å². The van der Waals surface area contributed by atoms with Crippen molar-refractivity contribution in [3.63, 3.8) is 0 Å². The molecule has 2 aliphatic rings. The first kappa shape index (κ1) is 16.5. The second-order valence-corrected chi connectivity index (χ2v) is 5.23. The Kier molecular flexibility index (Phi) is 4.80. The number of aromatic nitrogens is 1. The summed E-state index contributed by atoms with van der Waals surface area (Å²) in [6.45, 7) is 4.32. The molecule has 2 atom stereocenters. The third-order valence-electron chi connectivity index (χ3n) is 3.85. The van der Waals surface area contributed by atoms with Gasteiger partial charge in [-0.1, -0.05) is 0 Å². The Morgan fingerprint density at radius 2 is 2.14 bits per heavy atom. The van der Waals surface area contributed by atoms with E-state index >= 15 is 0 Å². The van der Waals surface area contributed by atoms with Crippen molar-refractivity contribution in [3.8, 4) is 0 Å². The van der Waals surface area contributed by atoms with Crippen molar-refractivity contribution in [1.82, 2.24) is 9.47 Å². The maximum Gasteiger partial charge on any atom is 0.168 e. The van der Waals surface area contributed by atoms with E-state index in [1.807, 2.05) is 6.92 Å². The monoisotopic (exact) mass is 364 g/mol. The molecule has 7 heteroatoms. The van der Waals surface area contributed by atoms with E-state index in [1.54, 1.807) is 9.47 Å². The Balaban J connectivity index is 0.00000161. The van der Waals surface area contributed by atoms with Crippen molar-refractivity contribution in [2.75, 3.05) is 6.61 Å². The number of nitrogens with zero attached hydrogens (tertiary/aromatic N) is 2. The predicted octanol–water partition coefficient (Wildman–Crippen LogP) is 0.439. The molecular formula is C14H15N2O4Y-. The van der Waals surface area contributed by atoms with Crippen LogP contribution in [-0.4, -0.2) is 40.0 Å².